The Hall–Kier alpha value is -1.13. The molecule has 0 fully saturated rings. The van der Waals surface area contributed by atoms with Crippen LogP contribution in [-0.2, 0) is 16.4 Å². The van der Waals surface area contributed by atoms with Crippen LogP contribution in [0.4, 0.5) is 0 Å². The summed E-state index contributed by atoms with van der Waals surface area (Å²) in [7, 11) is -2.90. The average Bonchev–Trinajstić information content (AvgIpc) is 2.59. The first kappa shape index (κ1) is 10.4. The molecule has 0 unspecified atom stereocenters. The molecule has 0 spiro atoms. The van der Waals surface area contributed by atoms with Gasteiger partial charge in [-0.15, -0.1) is 0 Å². The largest absolute Gasteiger partial charge is 0.326 e. The van der Waals surface area contributed by atoms with E-state index in [0.717, 1.165) is 16.7 Å². The molecule has 15 heavy (non-hydrogen) atoms. The van der Waals surface area contributed by atoms with Crippen LogP contribution in [-0.4, -0.2) is 19.9 Å². The lowest BCUT2D eigenvalue weighted by molar-refractivity contribution is 0.603. The lowest BCUT2D eigenvalue weighted by atomic mass is 10.0. The predicted molar refractivity (Wildman–Crippen MR) is 61.0 cm³/mol. The molecule has 0 aromatic heterocycles. The molecule has 1 aliphatic rings. The minimum absolute atomic E-state index is 0.143. The van der Waals surface area contributed by atoms with Gasteiger partial charge in [0.15, 0.2) is 9.84 Å². The molecule has 2 rings (SSSR count). The van der Waals surface area contributed by atoms with Crippen molar-refractivity contribution in [2.45, 2.75) is 6.54 Å². The normalized spacial score (nSPS) is 18.9. The van der Waals surface area contributed by atoms with Crippen LogP contribution in [0.5, 0.6) is 0 Å². The van der Waals surface area contributed by atoms with Crippen molar-refractivity contribution >= 4 is 15.4 Å². The molecule has 80 valence electrons. The van der Waals surface area contributed by atoms with Gasteiger partial charge in [0, 0.05) is 6.54 Å². The molecule has 0 amide bonds. The smallest absolute Gasteiger partial charge is 0.158 e. The van der Waals surface area contributed by atoms with Crippen LogP contribution in [0.2, 0.25) is 0 Å². The zero-order valence-corrected chi connectivity index (χ0v) is 9.13. The summed E-state index contributed by atoms with van der Waals surface area (Å²) >= 11 is 0. The molecule has 1 heterocycles. The van der Waals surface area contributed by atoms with Crippen LogP contribution in [0.1, 0.15) is 11.1 Å². The van der Waals surface area contributed by atoms with Crippen molar-refractivity contribution in [3.63, 3.8) is 0 Å². The Kier molecular flexibility index (Phi) is 2.63. The summed E-state index contributed by atoms with van der Waals surface area (Å²) in [4.78, 5) is 0. The molecule has 2 N–H and O–H groups in total. The molecule has 1 aromatic rings. The fraction of sp³-hybridized carbons (Fsp3) is 0.273. The zero-order chi connectivity index (χ0) is 10.9. The van der Waals surface area contributed by atoms with Crippen molar-refractivity contribution in [1.29, 1.82) is 0 Å². The molecule has 0 radical (unpaired) electrons. The minimum Gasteiger partial charge on any atom is -0.326 e. The summed E-state index contributed by atoms with van der Waals surface area (Å²) in [6, 6.07) is 7.67. The minimum atomic E-state index is -2.90. The molecule has 0 bridgehead atoms. The van der Waals surface area contributed by atoms with Crippen molar-refractivity contribution in [2.24, 2.45) is 5.73 Å². The molecule has 4 heteroatoms. The molecule has 0 saturated heterocycles. The topological polar surface area (TPSA) is 60.2 Å². The van der Waals surface area contributed by atoms with Crippen molar-refractivity contribution in [3.8, 4) is 0 Å². The summed E-state index contributed by atoms with van der Waals surface area (Å²) in [5.74, 6) is 0.297. The van der Waals surface area contributed by atoms with E-state index in [0.29, 0.717) is 6.54 Å². The van der Waals surface area contributed by atoms with Crippen LogP contribution in [0, 0.1) is 0 Å². The zero-order valence-electron chi connectivity index (χ0n) is 8.31. The Labute approximate surface area is 89.5 Å². The van der Waals surface area contributed by atoms with Gasteiger partial charge in [-0.05, 0) is 16.7 Å². The number of sulfone groups is 1. The highest BCUT2D eigenvalue weighted by Gasteiger charge is 2.21. The quantitative estimate of drug-likeness (QED) is 0.812. The van der Waals surface area contributed by atoms with Gasteiger partial charge in [-0.3, -0.25) is 0 Å². The Morgan fingerprint density at radius 1 is 1.27 bits per heavy atom. The van der Waals surface area contributed by atoms with Crippen LogP contribution in [0.15, 0.2) is 30.3 Å². The maximum atomic E-state index is 11.3. The summed E-state index contributed by atoms with van der Waals surface area (Å²) in [6.45, 7) is 0.438. The van der Waals surface area contributed by atoms with Gasteiger partial charge < -0.3 is 5.73 Å². The molecule has 0 atom stereocenters. The molecular weight excluding hydrogens is 210 g/mol. The SMILES string of the molecule is NCc1ccccc1C1=CCS(=O)(=O)C1. The second-order valence-corrected chi connectivity index (χ2v) is 5.75. The number of nitrogens with two attached hydrogens (primary N) is 1. The highest BCUT2D eigenvalue weighted by Crippen LogP contribution is 2.25. The van der Waals surface area contributed by atoms with Crippen LogP contribution < -0.4 is 5.73 Å². The summed E-state index contributed by atoms with van der Waals surface area (Å²) in [5.41, 5.74) is 8.47. The van der Waals surface area contributed by atoms with Crippen LogP contribution >= 0.6 is 0 Å². The van der Waals surface area contributed by atoms with E-state index < -0.39 is 9.84 Å². The maximum Gasteiger partial charge on any atom is 0.158 e. The molecule has 3 nitrogen and oxygen atoms in total. The van der Waals surface area contributed by atoms with E-state index in [9.17, 15) is 8.42 Å². The Balaban J connectivity index is 2.39. The second kappa shape index (κ2) is 3.79. The van der Waals surface area contributed by atoms with Gasteiger partial charge in [-0.2, -0.15) is 0 Å². The standard InChI is InChI=1S/C11H13NO2S/c12-7-9-3-1-2-4-11(9)10-5-6-15(13,14)8-10/h1-5H,6-8,12H2. The number of benzene rings is 1. The van der Waals surface area contributed by atoms with Gasteiger partial charge in [0.1, 0.15) is 0 Å². The fourth-order valence-electron chi connectivity index (χ4n) is 1.78. The van der Waals surface area contributed by atoms with E-state index in [1.54, 1.807) is 6.08 Å². The van der Waals surface area contributed by atoms with Crippen molar-refractivity contribution in [2.75, 3.05) is 11.5 Å². The van der Waals surface area contributed by atoms with Gasteiger partial charge in [-0.25, -0.2) is 8.42 Å². The van der Waals surface area contributed by atoms with Gasteiger partial charge in [-0.1, -0.05) is 30.3 Å². The highest BCUT2D eigenvalue weighted by molar-refractivity contribution is 7.92. The van der Waals surface area contributed by atoms with Crippen molar-refractivity contribution < 1.29 is 8.42 Å². The second-order valence-electron chi connectivity index (χ2n) is 3.65. The fourth-order valence-corrected chi connectivity index (χ4v) is 3.10. The Morgan fingerprint density at radius 2 is 2.00 bits per heavy atom. The van der Waals surface area contributed by atoms with E-state index in [2.05, 4.69) is 0 Å². The first-order valence-corrected chi connectivity index (χ1v) is 6.62. The van der Waals surface area contributed by atoms with Gasteiger partial charge in [0.25, 0.3) is 0 Å². The highest BCUT2D eigenvalue weighted by atomic mass is 32.2. The monoisotopic (exact) mass is 223 g/mol. The van der Waals surface area contributed by atoms with Crippen LogP contribution in [0.25, 0.3) is 5.57 Å². The Bertz CT molecular complexity index is 503. The van der Waals surface area contributed by atoms with E-state index in [4.69, 9.17) is 5.73 Å². The number of rotatable bonds is 2. The van der Waals surface area contributed by atoms with Crippen LogP contribution in [0.3, 0.4) is 0 Å². The lowest BCUT2D eigenvalue weighted by Crippen LogP contribution is -2.05. The lowest BCUT2D eigenvalue weighted by Gasteiger charge is -2.07. The average molecular weight is 223 g/mol. The third-order valence-electron chi connectivity index (χ3n) is 2.54. The van der Waals surface area contributed by atoms with Gasteiger partial charge in [0.05, 0.1) is 11.5 Å². The third kappa shape index (κ3) is 2.11. The first-order chi connectivity index (χ1) is 7.12. The summed E-state index contributed by atoms with van der Waals surface area (Å²) in [5, 5.41) is 0. The van der Waals surface area contributed by atoms with E-state index >= 15 is 0 Å². The molecular formula is C11H13NO2S. The van der Waals surface area contributed by atoms with E-state index in [1.165, 1.54) is 0 Å². The molecule has 1 aliphatic heterocycles. The first-order valence-electron chi connectivity index (χ1n) is 4.80. The Morgan fingerprint density at radius 3 is 2.60 bits per heavy atom. The third-order valence-corrected chi connectivity index (χ3v) is 3.97. The summed E-state index contributed by atoms with van der Waals surface area (Å²) in [6.07, 6.45) is 1.78. The van der Waals surface area contributed by atoms with E-state index in [1.807, 2.05) is 24.3 Å². The number of hydrogen-bond donors (Lipinski definition) is 1. The van der Waals surface area contributed by atoms with Crippen molar-refractivity contribution in [1.82, 2.24) is 0 Å². The van der Waals surface area contributed by atoms with E-state index in [-0.39, 0.29) is 11.5 Å². The van der Waals surface area contributed by atoms with Gasteiger partial charge >= 0.3 is 0 Å². The molecule has 0 aliphatic carbocycles. The molecule has 0 saturated carbocycles. The maximum absolute atomic E-state index is 11.3. The predicted octanol–water partition coefficient (Wildman–Crippen LogP) is 0.957. The summed E-state index contributed by atoms with van der Waals surface area (Å²) < 4.78 is 22.7. The number of hydrogen-bond acceptors (Lipinski definition) is 3. The van der Waals surface area contributed by atoms with Gasteiger partial charge in [0.2, 0.25) is 0 Å². The molecule has 1 aromatic carbocycles. The van der Waals surface area contributed by atoms with Crippen molar-refractivity contribution in [3.05, 3.63) is 41.5 Å².